The SMILES string of the molecule is Fc1ccc(Sc2nc(C(Cl)(Cl)Cl)nc3ccccc23)cc1. The summed E-state index contributed by atoms with van der Waals surface area (Å²) in [7, 11) is 0. The van der Waals surface area contributed by atoms with Crippen LogP contribution in [0, 0.1) is 5.82 Å². The number of halogens is 4. The summed E-state index contributed by atoms with van der Waals surface area (Å²) in [5.74, 6) is -0.181. The number of aromatic nitrogens is 2. The smallest absolute Gasteiger partial charge is 0.228 e. The molecule has 1 aromatic heterocycles. The topological polar surface area (TPSA) is 25.8 Å². The van der Waals surface area contributed by atoms with E-state index in [0.717, 1.165) is 10.3 Å². The Morgan fingerprint density at radius 1 is 0.909 bits per heavy atom. The van der Waals surface area contributed by atoms with Gasteiger partial charge in [0.2, 0.25) is 3.79 Å². The van der Waals surface area contributed by atoms with Crippen molar-refractivity contribution in [1.29, 1.82) is 0 Å². The molecule has 0 aliphatic heterocycles. The minimum absolute atomic E-state index is 0.112. The third kappa shape index (κ3) is 3.46. The van der Waals surface area contributed by atoms with Gasteiger partial charge in [-0.3, -0.25) is 0 Å². The van der Waals surface area contributed by atoms with E-state index in [9.17, 15) is 4.39 Å². The van der Waals surface area contributed by atoms with Crippen molar-refractivity contribution in [3.8, 4) is 0 Å². The lowest BCUT2D eigenvalue weighted by Gasteiger charge is -2.13. The van der Waals surface area contributed by atoms with E-state index >= 15 is 0 Å². The molecular weight excluding hydrogens is 366 g/mol. The molecule has 0 saturated carbocycles. The lowest BCUT2D eigenvalue weighted by atomic mass is 10.2. The van der Waals surface area contributed by atoms with Crippen LogP contribution in [0.15, 0.2) is 58.5 Å². The first-order valence-corrected chi connectivity index (χ1v) is 8.16. The van der Waals surface area contributed by atoms with Crippen molar-refractivity contribution in [2.45, 2.75) is 13.7 Å². The monoisotopic (exact) mass is 372 g/mol. The largest absolute Gasteiger partial charge is 0.250 e. The van der Waals surface area contributed by atoms with Crippen molar-refractivity contribution in [2.75, 3.05) is 0 Å². The highest BCUT2D eigenvalue weighted by Gasteiger charge is 2.28. The molecule has 112 valence electrons. The molecule has 7 heteroatoms. The Labute approximate surface area is 145 Å². The Balaban J connectivity index is 2.12. The molecule has 2 aromatic carbocycles. The molecule has 0 unspecified atom stereocenters. The number of para-hydroxylation sites is 1. The van der Waals surface area contributed by atoms with Gasteiger partial charge in [0.1, 0.15) is 10.8 Å². The molecular formula is C15H8Cl3FN2S. The minimum Gasteiger partial charge on any atom is -0.228 e. The maximum Gasteiger partial charge on any atom is 0.250 e. The number of nitrogens with zero attached hydrogens (tertiary/aromatic N) is 2. The summed E-state index contributed by atoms with van der Waals surface area (Å²) in [5.41, 5.74) is 0.684. The minimum atomic E-state index is -1.71. The van der Waals surface area contributed by atoms with Crippen LogP contribution in [0.25, 0.3) is 10.9 Å². The molecule has 0 N–H and O–H groups in total. The second-order valence-electron chi connectivity index (χ2n) is 4.42. The van der Waals surface area contributed by atoms with E-state index in [1.807, 2.05) is 24.3 Å². The number of rotatable bonds is 2. The lowest BCUT2D eigenvalue weighted by Crippen LogP contribution is -2.08. The van der Waals surface area contributed by atoms with Gasteiger partial charge in [0.05, 0.1) is 5.52 Å². The summed E-state index contributed by atoms with van der Waals surface area (Å²) < 4.78 is 11.3. The molecule has 22 heavy (non-hydrogen) atoms. The first kappa shape index (κ1) is 15.8. The predicted octanol–water partition coefficient (Wildman–Crippen LogP) is 5.75. The van der Waals surface area contributed by atoms with Gasteiger partial charge < -0.3 is 0 Å². The van der Waals surface area contributed by atoms with E-state index < -0.39 is 3.79 Å². The molecule has 0 aliphatic rings. The first-order chi connectivity index (χ1) is 10.4. The molecule has 1 heterocycles. The third-order valence-electron chi connectivity index (χ3n) is 2.85. The summed E-state index contributed by atoms with van der Waals surface area (Å²) in [6.07, 6.45) is 0. The fraction of sp³-hybridized carbons (Fsp3) is 0.0667. The summed E-state index contributed by atoms with van der Waals surface area (Å²) >= 11 is 19.1. The van der Waals surface area contributed by atoms with Crippen LogP contribution >= 0.6 is 46.6 Å². The maximum absolute atomic E-state index is 13.0. The van der Waals surface area contributed by atoms with Crippen molar-refractivity contribution in [3.05, 3.63) is 60.2 Å². The Morgan fingerprint density at radius 2 is 1.59 bits per heavy atom. The second kappa shape index (κ2) is 6.20. The number of benzene rings is 2. The van der Waals surface area contributed by atoms with Crippen LogP contribution in [-0.4, -0.2) is 9.97 Å². The molecule has 0 spiro atoms. The highest BCUT2D eigenvalue weighted by Crippen LogP contribution is 2.39. The van der Waals surface area contributed by atoms with Crippen LogP contribution < -0.4 is 0 Å². The van der Waals surface area contributed by atoms with E-state index in [1.54, 1.807) is 12.1 Å². The van der Waals surface area contributed by atoms with Gasteiger partial charge in [-0.2, -0.15) is 0 Å². The van der Waals surface area contributed by atoms with Crippen LogP contribution in [0.1, 0.15) is 5.82 Å². The van der Waals surface area contributed by atoms with Crippen LogP contribution in [-0.2, 0) is 3.79 Å². The molecule has 0 fully saturated rings. The molecule has 0 atom stereocenters. The molecule has 3 aromatic rings. The van der Waals surface area contributed by atoms with E-state index in [0.29, 0.717) is 10.5 Å². The zero-order chi connectivity index (χ0) is 15.7. The summed E-state index contributed by atoms with van der Waals surface area (Å²) in [5, 5.41) is 1.49. The van der Waals surface area contributed by atoms with Crippen LogP contribution in [0.2, 0.25) is 0 Å². The molecule has 0 bridgehead atoms. The Bertz CT molecular complexity index is 819. The Morgan fingerprint density at radius 3 is 2.27 bits per heavy atom. The standard InChI is InChI=1S/C15H8Cl3FN2S/c16-15(17,18)14-20-12-4-2-1-3-11(12)13(21-14)22-10-7-5-9(19)6-8-10/h1-8H. The second-order valence-corrected chi connectivity index (χ2v) is 7.77. The molecule has 3 rings (SSSR count). The van der Waals surface area contributed by atoms with E-state index in [2.05, 4.69) is 9.97 Å². The van der Waals surface area contributed by atoms with Crippen molar-refractivity contribution in [1.82, 2.24) is 9.97 Å². The van der Waals surface area contributed by atoms with E-state index in [4.69, 9.17) is 34.8 Å². The summed E-state index contributed by atoms with van der Waals surface area (Å²) in [6, 6.07) is 13.6. The first-order valence-electron chi connectivity index (χ1n) is 6.21. The normalized spacial score (nSPS) is 11.8. The maximum atomic E-state index is 13.0. The average Bonchev–Trinajstić information content (AvgIpc) is 2.48. The van der Waals surface area contributed by atoms with E-state index in [1.165, 1.54) is 23.9 Å². The highest BCUT2D eigenvalue weighted by molar-refractivity contribution is 7.99. The Kier molecular flexibility index (Phi) is 4.46. The molecule has 0 aliphatic carbocycles. The fourth-order valence-corrected chi connectivity index (χ4v) is 3.03. The van der Waals surface area contributed by atoms with Gasteiger partial charge in [0.25, 0.3) is 0 Å². The van der Waals surface area contributed by atoms with Crippen LogP contribution in [0.4, 0.5) is 4.39 Å². The Hall–Kier alpha value is -1.07. The quantitative estimate of drug-likeness (QED) is 0.423. The highest BCUT2D eigenvalue weighted by atomic mass is 35.6. The third-order valence-corrected chi connectivity index (χ3v) is 4.37. The number of fused-ring (bicyclic) bond motifs is 1. The van der Waals surface area contributed by atoms with Crippen LogP contribution in [0.3, 0.4) is 0 Å². The number of hydrogen-bond acceptors (Lipinski definition) is 3. The molecule has 2 nitrogen and oxygen atoms in total. The van der Waals surface area contributed by atoms with Crippen molar-refractivity contribution < 1.29 is 4.39 Å². The van der Waals surface area contributed by atoms with Gasteiger partial charge in [-0.15, -0.1) is 0 Å². The van der Waals surface area contributed by atoms with Crippen molar-refractivity contribution in [3.63, 3.8) is 0 Å². The van der Waals surface area contributed by atoms with Gasteiger partial charge in [0, 0.05) is 10.3 Å². The lowest BCUT2D eigenvalue weighted by molar-refractivity contribution is 0.626. The van der Waals surface area contributed by atoms with Gasteiger partial charge in [-0.05, 0) is 30.3 Å². The average molecular weight is 374 g/mol. The molecule has 0 amide bonds. The van der Waals surface area contributed by atoms with Crippen LogP contribution in [0.5, 0.6) is 0 Å². The molecule has 0 saturated heterocycles. The fourth-order valence-electron chi connectivity index (χ4n) is 1.87. The van der Waals surface area contributed by atoms with Gasteiger partial charge in [-0.25, -0.2) is 14.4 Å². The zero-order valence-electron chi connectivity index (χ0n) is 10.9. The van der Waals surface area contributed by atoms with Crippen molar-refractivity contribution in [2.24, 2.45) is 0 Å². The van der Waals surface area contributed by atoms with Gasteiger partial charge >= 0.3 is 0 Å². The predicted molar refractivity (Wildman–Crippen MR) is 89.3 cm³/mol. The van der Waals surface area contributed by atoms with Crippen molar-refractivity contribution >= 4 is 57.5 Å². The summed E-state index contributed by atoms with van der Waals surface area (Å²) in [4.78, 5) is 9.47. The van der Waals surface area contributed by atoms with Gasteiger partial charge in [0.15, 0.2) is 5.82 Å². The molecule has 0 radical (unpaired) electrons. The number of alkyl halides is 3. The zero-order valence-corrected chi connectivity index (χ0v) is 14.0. The van der Waals surface area contributed by atoms with E-state index in [-0.39, 0.29) is 11.6 Å². The van der Waals surface area contributed by atoms with Gasteiger partial charge in [-0.1, -0.05) is 64.8 Å². The summed E-state index contributed by atoms with van der Waals surface area (Å²) in [6.45, 7) is 0. The number of hydrogen-bond donors (Lipinski definition) is 0.